The summed E-state index contributed by atoms with van der Waals surface area (Å²) in [6.07, 6.45) is 2.11. The van der Waals surface area contributed by atoms with Crippen LogP contribution in [0.2, 0.25) is 0 Å². The number of aliphatic carboxylic acids is 1. The minimum Gasteiger partial charge on any atom is -0.481 e. The molecule has 0 radical (unpaired) electrons. The number of benzene rings is 3. The summed E-state index contributed by atoms with van der Waals surface area (Å²) in [6.45, 7) is 4.08. The lowest BCUT2D eigenvalue weighted by Crippen LogP contribution is -2.25. The zero-order chi connectivity index (χ0) is 27.8. The third kappa shape index (κ3) is 6.96. The molecule has 4 aromatic rings. The zero-order valence-corrected chi connectivity index (χ0v) is 22.0. The molecular formula is C32H31N3O4. The van der Waals surface area contributed by atoms with Gasteiger partial charge < -0.3 is 15.6 Å². The fraction of sp³-hybridized carbons (Fsp3) is 0.188. The van der Waals surface area contributed by atoms with Crippen molar-refractivity contribution >= 4 is 17.6 Å². The molecule has 4 rings (SSSR count). The highest BCUT2D eigenvalue weighted by Gasteiger charge is 2.20. The van der Waals surface area contributed by atoms with Crippen molar-refractivity contribution in [3.8, 4) is 11.1 Å². The van der Waals surface area contributed by atoms with Gasteiger partial charge in [-0.3, -0.25) is 14.6 Å². The third-order valence-corrected chi connectivity index (χ3v) is 6.73. The number of carbonyl (C=O) groups excluding carboxylic acids is 1. The van der Waals surface area contributed by atoms with Crippen LogP contribution < -0.4 is 5.32 Å². The number of pyridine rings is 1. The minimum absolute atomic E-state index is 0.0310. The molecule has 3 aromatic carbocycles. The predicted molar refractivity (Wildman–Crippen MR) is 151 cm³/mol. The van der Waals surface area contributed by atoms with Crippen LogP contribution in [0.3, 0.4) is 0 Å². The second kappa shape index (κ2) is 12.6. The second-order valence-electron chi connectivity index (χ2n) is 9.44. The number of oxime groups is 1. The van der Waals surface area contributed by atoms with E-state index in [0.717, 1.165) is 39.1 Å². The largest absolute Gasteiger partial charge is 0.481 e. The number of hydrogen-bond acceptors (Lipinski definition) is 5. The summed E-state index contributed by atoms with van der Waals surface area (Å²) in [5.41, 5.74) is 8.14. The Balaban J connectivity index is 1.58. The summed E-state index contributed by atoms with van der Waals surface area (Å²) in [4.78, 5) is 27.2. The first-order valence-corrected chi connectivity index (χ1v) is 12.8. The Morgan fingerprint density at radius 2 is 1.56 bits per heavy atom. The van der Waals surface area contributed by atoms with Crippen molar-refractivity contribution in [1.82, 2.24) is 10.3 Å². The fourth-order valence-electron chi connectivity index (χ4n) is 4.63. The maximum atomic E-state index is 12.3. The van der Waals surface area contributed by atoms with Crippen LogP contribution in [0.5, 0.6) is 0 Å². The fourth-order valence-corrected chi connectivity index (χ4v) is 4.63. The van der Waals surface area contributed by atoms with Crippen molar-refractivity contribution in [3.63, 3.8) is 0 Å². The highest BCUT2D eigenvalue weighted by molar-refractivity contribution is 6.01. The van der Waals surface area contributed by atoms with Gasteiger partial charge in [-0.25, -0.2) is 0 Å². The van der Waals surface area contributed by atoms with Crippen molar-refractivity contribution in [1.29, 1.82) is 0 Å². The molecule has 0 spiro atoms. The number of aryl methyl sites for hydroxylation is 2. The van der Waals surface area contributed by atoms with Crippen molar-refractivity contribution in [2.24, 2.45) is 5.16 Å². The van der Waals surface area contributed by atoms with E-state index >= 15 is 0 Å². The lowest BCUT2D eigenvalue weighted by atomic mass is 9.83. The number of carboxylic acid groups (broad SMARTS) is 1. The zero-order valence-electron chi connectivity index (χ0n) is 22.0. The van der Waals surface area contributed by atoms with Crippen LogP contribution in [-0.2, 0) is 4.79 Å². The SMILES string of the molecule is Cc1cc(C(CC(c2ccc(-c3ccc(C(=O)NCCC(=O)O)cc3)cc2)c2ccccc2C)=NO)ccn1. The number of nitrogens with one attached hydrogen (secondary N) is 1. The smallest absolute Gasteiger partial charge is 0.305 e. The molecule has 198 valence electrons. The van der Waals surface area contributed by atoms with Gasteiger partial charge >= 0.3 is 5.97 Å². The number of carbonyl (C=O) groups is 2. The maximum absolute atomic E-state index is 12.3. The Labute approximate surface area is 227 Å². The van der Waals surface area contributed by atoms with E-state index in [1.165, 1.54) is 0 Å². The molecule has 0 bridgehead atoms. The van der Waals surface area contributed by atoms with Gasteiger partial charge in [-0.1, -0.05) is 65.8 Å². The Kier molecular flexibility index (Phi) is 8.84. The molecule has 7 nitrogen and oxygen atoms in total. The molecule has 0 aliphatic rings. The Bertz CT molecular complexity index is 1480. The predicted octanol–water partition coefficient (Wildman–Crippen LogP) is 5.97. The molecule has 7 heteroatoms. The lowest BCUT2D eigenvalue weighted by Gasteiger charge is -2.21. The first-order chi connectivity index (χ1) is 18.9. The van der Waals surface area contributed by atoms with Crippen LogP contribution in [0, 0.1) is 13.8 Å². The molecule has 1 unspecified atom stereocenters. The van der Waals surface area contributed by atoms with Gasteiger partial charge in [0.25, 0.3) is 5.91 Å². The van der Waals surface area contributed by atoms with Gasteiger partial charge in [0.15, 0.2) is 0 Å². The summed E-state index contributed by atoms with van der Waals surface area (Å²) < 4.78 is 0. The molecule has 0 saturated heterocycles. The summed E-state index contributed by atoms with van der Waals surface area (Å²) in [5, 5.41) is 24.9. The van der Waals surface area contributed by atoms with Crippen LogP contribution in [0.15, 0.2) is 96.3 Å². The summed E-state index contributed by atoms with van der Waals surface area (Å²) >= 11 is 0. The van der Waals surface area contributed by atoms with E-state index in [9.17, 15) is 14.8 Å². The highest BCUT2D eigenvalue weighted by Crippen LogP contribution is 2.33. The number of carboxylic acids is 1. The van der Waals surface area contributed by atoms with Gasteiger partial charge in [0.05, 0.1) is 12.1 Å². The normalized spacial score (nSPS) is 12.1. The minimum atomic E-state index is -0.953. The number of hydrogen-bond donors (Lipinski definition) is 3. The molecule has 1 aromatic heterocycles. The van der Waals surface area contributed by atoms with Gasteiger partial charge in [-0.15, -0.1) is 0 Å². The Morgan fingerprint density at radius 3 is 2.18 bits per heavy atom. The quantitative estimate of drug-likeness (QED) is 0.135. The standard InChI is InChI=1S/C32H31N3O4/c1-21-5-3-4-6-28(21)29(20-30(35-39)27-15-17-33-22(2)19-27)25-11-7-23(8-12-25)24-9-13-26(14-10-24)32(38)34-18-16-31(36)37/h3-15,17,19,29,39H,16,18,20H2,1-2H3,(H,34,38)(H,36,37). The van der Waals surface area contributed by atoms with Crippen molar-refractivity contribution in [2.75, 3.05) is 6.54 Å². The van der Waals surface area contributed by atoms with E-state index in [1.807, 2.05) is 43.3 Å². The summed E-state index contributed by atoms with van der Waals surface area (Å²) in [7, 11) is 0. The number of rotatable bonds is 10. The van der Waals surface area contributed by atoms with Gasteiger partial charge in [0, 0.05) is 41.9 Å². The molecule has 1 heterocycles. The van der Waals surface area contributed by atoms with Crippen LogP contribution >= 0.6 is 0 Å². The average Bonchev–Trinajstić information content (AvgIpc) is 2.94. The molecule has 1 atom stereocenters. The van der Waals surface area contributed by atoms with Gasteiger partial charge in [0.2, 0.25) is 0 Å². The maximum Gasteiger partial charge on any atom is 0.305 e. The number of aromatic nitrogens is 1. The van der Waals surface area contributed by atoms with Crippen molar-refractivity contribution < 1.29 is 19.9 Å². The molecule has 0 aliphatic heterocycles. The van der Waals surface area contributed by atoms with E-state index in [4.69, 9.17) is 5.11 Å². The molecule has 3 N–H and O–H groups in total. The molecule has 39 heavy (non-hydrogen) atoms. The lowest BCUT2D eigenvalue weighted by molar-refractivity contribution is -0.136. The molecular weight excluding hydrogens is 490 g/mol. The topological polar surface area (TPSA) is 112 Å². The van der Waals surface area contributed by atoms with Gasteiger partial charge in [-0.2, -0.15) is 0 Å². The third-order valence-electron chi connectivity index (χ3n) is 6.73. The Morgan fingerprint density at radius 1 is 0.897 bits per heavy atom. The van der Waals surface area contributed by atoms with Crippen LogP contribution in [0.25, 0.3) is 11.1 Å². The monoisotopic (exact) mass is 521 g/mol. The van der Waals surface area contributed by atoms with Gasteiger partial charge in [-0.05, 0) is 65.9 Å². The molecule has 0 saturated carbocycles. The second-order valence-corrected chi connectivity index (χ2v) is 9.44. The summed E-state index contributed by atoms with van der Waals surface area (Å²) in [6, 6.07) is 27.5. The first-order valence-electron chi connectivity index (χ1n) is 12.8. The van der Waals surface area contributed by atoms with Gasteiger partial charge in [0.1, 0.15) is 0 Å². The molecule has 0 aliphatic carbocycles. The summed E-state index contributed by atoms with van der Waals surface area (Å²) in [5.74, 6) is -1.28. The average molecular weight is 522 g/mol. The van der Waals surface area contributed by atoms with E-state index in [0.29, 0.717) is 17.7 Å². The van der Waals surface area contributed by atoms with Crippen LogP contribution in [0.4, 0.5) is 0 Å². The van der Waals surface area contributed by atoms with E-state index in [-0.39, 0.29) is 24.8 Å². The number of amides is 1. The Hall–Kier alpha value is -4.78. The van der Waals surface area contributed by atoms with E-state index in [2.05, 4.69) is 58.8 Å². The van der Waals surface area contributed by atoms with Crippen LogP contribution in [-0.4, -0.2) is 39.4 Å². The first kappa shape index (κ1) is 27.3. The highest BCUT2D eigenvalue weighted by atomic mass is 16.4. The van der Waals surface area contributed by atoms with Crippen molar-refractivity contribution in [3.05, 3.63) is 125 Å². The van der Waals surface area contributed by atoms with E-state index < -0.39 is 5.97 Å². The van der Waals surface area contributed by atoms with E-state index in [1.54, 1.807) is 18.3 Å². The van der Waals surface area contributed by atoms with Crippen LogP contribution in [0.1, 0.15) is 57.1 Å². The number of nitrogens with zero attached hydrogens (tertiary/aromatic N) is 2. The van der Waals surface area contributed by atoms with Crippen molar-refractivity contribution in [2.45, 2.75) is 32.6 Å². The molecule has 1 amide bonds. The molecule has 0 fully saturated rings.